The predicted octanol–water partition coefficient (Wildman–Crippen LogP) is 3.07. The van der Waals surface area contributed by atoms with E-state index in [-0.39, 0.29) is 12.6 Å². The lowest BCUT2D eigenvalue weighted by Gasteiger charge is -2.20. The van der Waals surface area contributed by atoms with Crippen molar-refractivity contribution in [1.82, 2.24) is 0 Å². The van der Waals surface area contributed by atoms with Crippen LogP contribution in [0.1, 0.15) is 20.3 Å². The zero-order valence-corrected chi connectivity index (χ0v) is 11.7. The van der Waals surface area contributed by atoms with Crippen molar-refractivity contribution in [1.29, 1.82) is 0 Å². The normalized spacial score (nSPS) is 12.6. The first-order valence-electron chi connectivity index (χ1n) is 5.63. The Morgan fingerprint density at radius 1 is 1.35 bits per heavy atom. The molecule has 0 aliphatic heterocycles. The minimum absolute atomic E-state index is 0.0410. The summed E-state index contributed by atoms with van der Waals surface area (Å²) in [5.41, 5.74) is 3.61. The minimum atomic E-state index is 0.0410. The molecule has 0 spiro atoms. The maximum absolute atomic E-state index is 9.30. The number of aliphatic hydroxyl groups is 1. The van der Waals surface area contributed by atoms with Gasteiger partial charge in [0.25, 0.3) is 0 Å². The predicted molar refractivity (Wildman–Crippen MR) is 73.5 cm³/mol. The van der Waals surface area contributed by atoms with Gasteiger partial charge in [-0.1, -0.05) is 13.8 Å². The second-order valence-electron chi connectivity index (χ2n) is 4.46. The number of benzene rings is 1. The number of anilines is 2. The Morgan fingerprint density at radius 2 is 2.06 bits per heavy atom. The summed E-state index contributed by atoms with van der Waals surface area (Å²) in [6.45, 7) is 4.35. The van der Waals surface area contributed by atoms with Gasteiger partial charge in [-0.15, -0.1) is 0 Å². The van der Waals surface area contributed by atoms with Crippen molar-refractivity contribution in [3.05, 3.63) is 22.7 Å². The fourth-order valence-corrected chi connectivity index (χ4v) is 2.16. The van der Waals surface area contributed by atoms with Gasteiger partial charge in [0.2, 0.25) is 0 Å². The number of hydrogen-bond acceptors (Lipinski definition) is 4. The molecule has 1 aromatic carbocycles. The van der Waals surface area contributed by atoms with Crippen molar-refractivity contribution >= 4 is 27.3 Å². The van der Waals surface area contributed by atoms with Crippen molar-refractivity contribution in [2.24, 2.45) is 5.92 Å². The molecule has 0 saturated heterocycles. The first kappa shape index (κ1) is 14.3. The molecule has 17 heavy (non-hydrogen) atoms. The summed E-state index contributed by atoms with van der Waals surface area (Å²) in [5.74, 6) is 0.525. The van der Waals surface area contributed by atoms with Crippen molar-refractivity contribution in [3.8, 4) is 0 Å². The summed E-state index contributed by atoms with van der Waals surface area (Å²) in [7, 11) is 0. The maximum Gasteiger partial charge on any atom is 0.0632 e. The highest BCUT2D eigenvalue weighted by Crippen LogP contribution is 2.27. The van der Waals surface area contributed by atoms with Gasteiger partial charge < -0.3 is 10.4 Å². The topological polar surface area (TPSA) is 64.5 Å². The van der Waals surface area contributed by atoms with Crippen LogP contribution in [0.25, 0.3) is 0 Å². The summed E-state index contributed by atoms with van der Waals surface area (Å²) < 4.78 is 0.846. The van der Waals surface area contributed by atoms with Crippen LogP contribution < -0.4 is 10.8 Å². The van der Waals surface area contributed by atoms with Gasteiger partial charge in [-0.2, -0.15) is 0 Å². The summed E-state index contributed by atoms with van der Waals surface area (Å²) >= 11 is 3.42. The van der Waals surface area contributed by atoms with Gasteiger partial charge in [-0.3, -0.25) is 10.7 Å². The van der Waals surface area contributed by atoms with Crippen LogP contribution in [0.15, 0.2) is 22.7 Å². The van der Waals surface area contributed by atoms with Crippen LogP contribution in [0, 0.1) is 5.92 Å². The van der Waals surface area contributed by atoms with Gasteiger partial charge in [-0.25, -0.2) is 0 Å². The smallest absolute Gasteiger partial charge is 0.0632 e. The largest absolute Gasteiger partial charge is 0.394 e. The van der Waals surface area contributed by atoms with Crippen LogP contribution in [-0.2, 0) is 0 Å². The van der Waals surface area contributed by atoms with Gasteiger partial charge in [0.15, 0.2) is 0 Å². The van der Waals surface area contributed by atoms with E-state index in [0.29, 0.717) is 11.6 Å². The van der Waals surface area contributed by atoms with Gasteiger partial charge >= 0.3 is 0 Å². The number of hydrogen-bond donors (Lipinski definition) is 4. The lowest BCUT2D eigenvalue weighted by atomic mass is 10.0. The van der Waals surface area contributed by atoms with Crippen LogP contribution in [-0.4, -0.2) is 23.0 Å². The average Bonchev–Trinajstić information content (AvgIpc) is 2.29. The van der Waals surface area contributed by atoms with Crippen LogP contribution in [0.4, 0.5) is 11.4 Å². The molecular formula is C12H19BrN2O2. The molecule has 0 aliphatic rings. The van der Waals surface area contributed by atoms with Crippen LogP contribution in [0.2, 0.25) is 0 Å². The fourth-order valence-electron chi connectivity index (χ4n) is 1.67. The Bertz CT molecular complexity index is 358. The van der Waals surface area contributed by atoms with E-state index in [4.69, 9.17) is 5.21 Å². The maximum atomic E-state index is 9.30. The van der Waals surface area contributed by atoms with E-state index >= 15 is 0 Å². The molecular weight excluding hydrogens is 284 g/mol. The quantitative estimate of drug-likeness (QED) is 0.610. The highest BCUT2D eigenvalue weighted by Gasteiger charge is 2.11. The third-order valence-corrected chi connectivity index (χ3v) is 3.09. The Kier molecular flexibility index (Phi) is 5.74. The second-order valence-corrected chi connectivity index (χ2v) is 5.31. The van der Waals surface area contributed by atoms with Crippen LogP contribution >= 0.6 is 15.9 Å². The van der Waals surface area contributed by atoms with Crippen LogP contribution in [0.5, 0.6) is 0 Å². The molecule has 1 rings (SSSR count). The Balaban J connectivity index is 2.72. The molecule has 1 aromatic rings. The van der Waals surface area contributed by atoms with E-state index in [1.807, 2.05) is 6.07 Å². The van der Waals surface area contributed by atoms with Crippen molar-refractivity contribution in [2.45, 2.75) is 26.3 Å². The Labute approximate surface area is 110 Å². The third kappa shape index (κ3) is 4.53. The molecule has 5 heteroatoms. The second kappa shape index (κ2) is 6.83. The molecule has 96 valence electrons. The average molecular weight is 303 g/mol. The molecule has 0 fully saturated rings. The summed E-state index contributed by atoms with van der Waals surface area (Å²) in [6.07, 6.45) is 0.906. The van der Waals surface area contributed by atoms with E-state index in [9.17, 15) is 5.11 Å². The molecule has 0 saturated carbocycles. The third-order valence-electron chi connectivity index (χ3n) is 2.43. The van der Waals surface area contributed by atoms with Gasteiger partial charge in [0, 0.05) is 16.2 Å². The standard InChI is InChI=1S/C12H19BrN2O2/c1-8(2)5-10(7-16)14-12-4-3-9(15-17)6-11(12)13/h3-4,6,8,10,14-17H,5,7H2,1-2H3/t10-/m0/s1. The summed E-state index contributed by atoms with van der Waals surface area (Å²) in [6, 6.07) is 5.42. The molecule has 4 nitrogen and oxygen atoms in total. The van der Waals surface area contributed by atoms with E-state index in [0.717, 1.165) is 16.6 Å². The zero-order chi connectivity index (χ0) is 12.8. The van der Waals surface area contributed by atoms with Crippen LogP contribution in [0.3, 0.4) is 0 Å². The van der Waals surface area contributed by atoms with E-state index in [1.165, 1.54) is 0 Å². The van der Waals surface area contributed by atoms with Gasteiger partial charge in [0.1, 0.15) is 0 Å². The Morgan fingerprint density at radius 3 is 2.53 bits per heavy atom. The minimum Gasteiger partial charge on any atom is -0.394 e. The molecule has 0 radical (unpaired) electrons. The lowest BCUT2D eigenvalue weighted by molar-refractivity contribution is 0.259. The number of halogens is 1. The fraction of sp³-hybridized carbons (Fsp3) is 0.500. The number of rotatable bonds is 6. The van der Waals surface area contributed by atoms with Gasteiger partial charge in [0.05, 0.1) is 12.3 Å². The molecule has 0 heterocycles. The highest BCUT2D eigenvalue weighted by atomic mass is 79.9. The van der Waals surface area contributed by atoms with Crippen molar-refractivity contribution in [3.63, 3.8) is 0 Å². The number of nitrogens with one attached hydrogen (secondary N) is 2. The highest BCUT2D eigenvalue weighted by molar-refractivity contribution is 9.10. The molecule has 1 atom stereocenters. The van der Waals surface area contributed by atoms with E-state index < -0.39 is 0 Å². The lowest BCUT2D eigenvalue weighted by Crippen LogP contribution is -2.25. The van der Waals surface area contributed by atoms with Crippen molar-refractivity contribution in [2.75, 3.05) is 17.4 Å². The monoisotopic (exact) mass is 302 g/mol. The van der Waals surface area contributed by atoms with Crippen molar-refractivity contribution < 1.29 is 10.3 Å². The first-order chi connectivity index (χ1) is 8.06. The summed E-state index contributed by atoms with van der Waals surface area (Å²) in [4.78, 5) is 0. The SMILES string of the molecule is CC(C)C[C@@H](CO)Nc1ccc(NO)cc1Br. The molecule has 0 aromatic heterocycles. The zero-order valence-electron chi connectivity index (χ0n) is 10.1. The number of aliphatic hydroxyl groups excluding tert-OH is 1. The molecule has 0 bridgehead atoms. The molecule has 0 amide bonds. The summed E-state index contributed by atoms with van der Waals surface area (Å²) in [5, 5.41) is 21.3. The Hall–Kier alpha value is -0.780. The molecule has 4 N–H and O–H groups in total. The molecule has 0 unspecified atom stereocenters. The van der Waals surface area contributed by atoms with Gasteiger partial charge in [-0.05, 0) is 46.5 Å². The molecule has 0 aliphatic carbocycles. The van der Waals surface area contributed by atoms with E-state index in [2.05, 4.69) is 40.6 Å². The first-order valence-corrected chi connectivity index (χ1v) is 6.43. The van der Waals surface area contributed by atoms with E-state index in [1.54, 1.807) is 12.1 Å².